The fraction of sp³-hybridized carbons (Fsp3) is 0.909. The lowest BCUT2D eigenvalue weighted by molar-refractivity contribution is 0.283. The topological polar surface area (TPSA) is 3.24 Å². The maximum absolute atomic E-state index is 5.35. The van der Waals surface area contributed by atoms with Crippen molar-refractivity contribution in [3.05, 3.63) is 0 Å². The predicted molar refractivity (Wildman–Crippen MR) is 62.1 cm³/mol. The Labute approximate surface area is 87.5 Å². The molecule has 2 heteroatoms. The SMILES string of the molecule is CCCC1CC(=S)N(C)C1CCC. The second kappa shape index (κ2) is 4.94. The Kier molecular flexibility index (Phi) is 4.17. The zero-order valence-electron chi connectivity index (χ0n) is 9.05. The summed E-state index contributed by atoms with van der Waals surface area (Å²) in [4.78, 5) is 3.51. The highest BCUT2D eigenvalue weighted by Crippen LogP contribution is 2.31. The summed E-state index contributed by atoms with van der Waals surface area (Å²) < 4.78 is 0. The third-order valence-electron chi connectivity index (χ3n) is 3.12. The van der Waals surface area contributed by atoms with E-state index in [1.54, 1.807) is 0 Å². The summed E-state index contributed by atoms with van der Waals surface area (Å²) in [6, 6.07) is 0.734. The molecule has 1 fully saturated rings. The van der Waals surface area contributed by atoms with Gasteiger partial charge < -0.3 is 4.90 Å². The van der Waals surface area contributed by atoms with Crippen LogP contribution in [0.3, 0.4) is 0 Å². The van der Waals surface area contributed by atoms with E-state index in [9.17, 15) is 0 Å². The van der Waals surface area contributed by atoms with Gasteiger partial charge in [0.1, 0.15) is 0 Å². The molecule has 0 aromatic carbocycles. The summed E-state index contributed by atoms with van der Waals surface area (Å²) in [5.74, 6) is 0.836. The number of hydrogen-bond donors (Lipinski definition) is 0. The van der Waals surface area contributed by atoms with E-state index in [0.717, 1.165) is 18.4 Å². The van der Waals surface area contributed by atoms with Crippen LogP contribution in [0.1, 0.15) is 46.0 Å². The lowest BCUT2D eigenvalue weighted by atomic mass is 9.92. The first-order chi connectivity index (χ1) is 6.20. The van der Waals surface area contributed by atoms with Gasteiger partial charge in [-0.3, -0.25) is 0 Å². The van der Waals surface area contributed by atoms with Gasteiger partial charge in [-0.2, -0.15) is 0 Å². The number of thiocarbonyl (C=S) groups is 1. The van der Waals surface area contributed by atoms with E-state index >= 15 is 0 Å². The van der Waals surface area contributed by atoms with E-state index < -0.39 is 0 Å². The molecule has 1 nitrogen and oxygen atoms in total. The van der Waals surface area contributed by atoms with Crippen LogP contribution in [0.25, 0.3) is 0 Å². The molecule has 0 bridgehead atoms. The minimum atomic E-state index is 0.734. The van der Waals surface area contributed by atoms with Gasteiger partial charge in [0, 0.05) is 19.5 Å². The van der Waals surface area contributed by atoms with E-state index in [0.29, 0.717) is 0 Å². The Balaban J connectivity index is 2.57. The normalized spacial score (nSPS) is 28.5. The van der Waals surface area contributed by atoms with Gasteiger partial charge in [0.05, 0.1) is 4.99 Å². The maximum atomic E-state index is 5.35. The largest absolute Gasteiger partial charge is 0.366 e. The van der Waals surface area contributed by atoms with Gasteiger partial charge >= 0.3 is 0 Å². The molecule has 0 N–H and O–H groups in total. The average Bonchev–Trinajstić information content (AvgIpc) is 2.34. The summed E-state index contributed by atoms with van der Waals surface area (Å²) in [6.45, 7) is 4.53. The molecule has 1 heterocycles. The van der Waals surface area contributed by atoms with Crippen molar-refractivity contribution in [2.75, 3.05) is 7.05 Å². The number of rotatable bonds is 4. The first kappa shape index (κ1) is 11.0. The first-order valence-corrected chi connectivity index (χ1v) is 5.87. The molecular weight excluding hydrogens is 178 g/mol. The van der Waals surface area contributed by atoms with Crippen molar-refractivity contribution >= 4 is 17.2 Å². The number of nitrogens with zero attached hydrogens (tertiary/aromatic N) is 1. The van der Waals surface area contributed by atoms with Crippen molar-refractivity contribution in [1.29, 1.82) is 0 Å². The van der Waals surface area contributed by atoms with E-state index in [1.165, 1.54) is 30.7 Å². The summed E-state index contributed by atoms with van der Waals surface area (Å²) in [5, 5.41) is 0. The highest BCUT2D eigenvalue weighted by Gasteiger charge is 2.33. The maximum Gasteiger partial charge on any atom is 0.0782 e. The lowest BCUT2D eigenvalue weighted by Crippen LogP contribution is -2.30. The minimum absolute atomic E-state index is 0.734. The van der Waals surface area contributed by atoms with Crippen molar-refractivity contribution in [2.24, 2.45) is 5.92 Å². The molecule has 1 aliphatic heterocycles. The van der Waals surface area contributed by atoms with Crippen LogP contribution < -0.4 is 0 Å². The van der Waals surface area contributed by atoms with Gasteiger partial charge in [0.25, 0.3) is 0 Å². The monoisotopic (exact) mass is 199 g/mol. The lowest BCUT2D eigenvalue weighted by Gasteiger charge is -2.25. The van der Waals surface area contributed by atoms with Crippen molar-refractivity contribution in [3.63, 3.8) is 0 Å². The van der Waals surface area contributed by atoms with Crippen LogP contribution in [0.15, 0.2) is 0 Å². The Bertz CT molecular complexity index is 179. The van der Waals surface area contributed by atoms with E-state index in [1.807, 2.05) is 0 Å². The second-order valence-corrected chi connectivity index (χ2v) is 4.58. The molecule has 0 aromatic rings. The molecule has 1 aliphatic rings. The Morgan fingerprint density at radius 2 is 1.92 bits per heavy atom. The van der Waals surface area contributed by atoms with Gasteiger partial charge in [-0.1, -0.05) is 38.9 Å². The van der Waals surface area contributed by atoms with Gasteiger partial charge in [0.15, 0.2) is 0 Å². The molecule has 0 spiro atoms. The summed E-state index contributed by atoms with van der Waals surface area (Å²) in [6.07, 6.45) is 6.37. The summed E-state index contributed by atoms with van der Waals surface area (Å²) in [5.41, 5.74) is 0. The molecular formula is C11H21NS. The smallest absolute Gasteiger partial charge is 0.0782 e. The fourth-order valence-electron chi connectivity index (χ4n) is 2.40. The fourth-order valence-corrected chi connectivity index (χ4v) is 2.75. The van der Waals surface area contributed by atoms with Gasteiger partial charge in [-0.15, -0.1) is 0 Å². The third kappa shape index (κ3) is 2.43. The van der Waals surface area contributed by atoms with Crippen molar-refractivity contribution in [2.45, 2.75) is 52.0 Å². The molecule has 0 radical (unpaired) electrons. The van der Waals surface area contributed by atoms with Crippen molar-refractivity contribution in [1.82, 2.24) is 4.90 Å². The Morgan fingerprint density at radius 3 is 2.46 bits per heavy atom. The van der Waals surface area contributed by atoms with Gasteiger partial charge in [0.2, 0.25) is 0 Å². The predicted octanol–water partition coefficient (Wildman–Crippen LogP) is 3.23. The molecule has 2 atom stereocenters. The highest BCUT2D eigenvalue weighted by atomic mass is 32.1. The summed E-state index contributed by atoms with van der Waals surface area (Å²) >= 11 is 5.35. The minimum Gasteiger partial charge on any atom is -0.366 e. The van der Waals surface area contributed by atoms with Crippen LogP contribution in [0, 0.1) is 5.92 Å². The molecule has 13 heavy (non-hydrogen) atoms. The molecule has 0 saturated carbocycles. The zero-order valence-corrected chi connectivity index (χ0v) is 9.86. The molecule has 0 aromatic heterocycles. The molecule has 0 amide bonds. The van der Waals surface area contributed by atoms with Crippen LogP contribution in [-0.2, 0) is 0 Å². The van der Waals surface area contributed by atoms with Crippen LogP contribution in [0.5, 0.6) is 0 Å². The zero-order chi connectivity index (χ0) is 9.84. The number of likely N-dealkylation sites (tertiary alicyclic amines) is 1. The van der Waals surface area contributed by atoms with Crippen molar-refractivity contribution < 1.29 is 0 Å². The third-order valence-corrected chi connectivity index (χ3v) is 3.57. The molecule has 0 aliphatic carbocycles. The van der Waals surface area contributed by atoms with E-state index in [2.05, 4.69) is 25.8 Å². The van der Waals surface area contributed by atoms with Gasteiger partial charge in [-0.05, 0) is 18.8 Å². The standard InChI is InChI=1S/C11H21NS/c1-4-6-9-8-11(13)12(3)10(9)7-5-2/h9-10H,4-8H2,1-3H3. The van der Waals surface area contributed by atoms with Crippen LogP contribution in [0.4, 0.5) is 0 Å². The van der Waals surface area contributed by atoms with Crippen molar-refractivity contribution in [3.8, 4) is 0 Å². The van der Waals surface area contributed by atoms with E-state index in [4.69, 9.17) is 12.2 Å². The van der Waals surface area contributed by atoms with Crippen LogP contribution in [-0.4, -0.2) is 23.0 Å². The van der Waals surface area contributed by atoms with E-state index in [-0.39, 0.29) is 0 Å². The second-order valence-electron chi connectivity index (χ2n) is 4.11. The highest BCUT2D eigenvalue weighted by molar-refractivity contribution is 7.80. The Hall–Kier alpha value is -0.110. The Morgan fingerprint density at radius 1 is 1.31 bits per heavy atom. The molecule has 1 rings (SSSR count). The number of hydrogen-bond acceptors (Lipinski definition) is 1. The molecule has 2 unspecified atom stereocenters. The quantitative estimate of drug-likeness (QED) is 0.640. The van der Waals surface area contributed by atoms with Gasteiger partial charge in [-0.25, -0.2) is 0 Å². The average molecular weight is 199 g/mol. The van der Waals surface area contributed by atoms with Crippen LogP contribution >= 0.6 is 12.2 Å². The first-order valence-electron chi connectivity index (χ1n) is 5.46. The van der Waals surface area contributed by atoms with Crippen LogP contribution in [0.2, 0.25) is 0 Å². The molecule has 1 saturated heterocycles. The summed E-state index contributed by atoms with van der Waals surface area (Å²) in [7, 11) is 2.16. The molecule has 76 valence electrons.